The predicted molar refractivity (Wildman–Crippen MR) is 132 cm³/mol. The van der Waals surface area contributed by atoms with E-state index in [0.717, 1.165) is 24.3 Å². The van der Waals surface area contributed by atoms with Crippen LogP contribution in [0.3, 0.4) is 0 Å². The lowest BCUT2D eigenvalue weighted by Gasteiger charge is -2.28. The number of carbonyl (C=O) groups is 1. The van der Waals surface area contributed by atoms with Crippen molar-refractivity contribution in [3.63, 3.8) is 0 Å². The van der Waals surface area contributed by atoms with Gasteiger partial charge in [0.25, 0.3) is 5.91 Å². The van der Waals surface area contributed by atoms with Crippen LogP contribution in [0.2, 0.25) is 0 Å². The third-order valence-electron chi connectivity index (χ3n) is 5.75. The summed E-state index contributed by atoms with van der Waals surface area (Å²) in [5, 5.41) is 9.35. The normalized spacial score (nSPS) is 13.9. The smallest absolute Gasteiger partial charge is 0.349 e. The van der Waals surface area contributed by atoms with E-state index in [4.69, 9.17) is 18.9 Å². The van der Waals surface area contributed by atoms with Gasteiger partial charge in [0.15, 0.2) is 22.1 Å². The van der Waals surface area contributed by atoms with E-state index in [1.807, 2.05) is 6.26 Å². The number of thioether (sulfide) groups is 1. The molecule has 1 N–H and O–H groups in total. The molecule has 4 aromatic rings. The molecule has 0 unspecified atom stereocenters. The lowest BCUT2D eigenvalue weighted by atomic mass is 10.1. The van der Waals surface area contributed by atoms with Gasteiger partial charge in [0.05, 0.1) is 38.5 Å². The number of ether oxygens (including phenoxy) is 2. The molecular weight excluding hydrogens is 472 g/mol. The van der Waals surface area contributed by atoms with Gasteiger partial charge in [-0.15, -0.1) is 0 Å². The first kappa shape index (κ1) is 23.1. The molecule has 0 bridgehead atoms. The van der Waals surface area contributed by atoms with Crippen LogP contribution in [0.4, 0.5) is 5.82 Å². The molecular formula is C23H24N6O5S. The van der Waals surface area contributed by atoms with Crippen LogP contribution in [0.15, 0.2) is 44.8 Å². The van der Waals surface area contributed by atoms with Gasteiger partial charge in [0.1, 0.15) is 11.4 Å². The van der Waals surface area contributed by atoms with Crippen molar-refractivity contribution >= 4 is 45.5 Å². The average molecular weight is 497 g/mol. The second-order valence-electron chi connectivity index (χ2n) is 7.82. The Kier molecular flexibility index (Phi) is 6.55. The Hall–Kier alpha value is -3.64. The fourth-order valence-electron chi connectivity index (χ4n) is 4.00. The minimum Gasteiger partial charge on any atom is -0.493 e. The second kappa shape index (κ2) is 9.92. The number of para-hydroxylation sites is 1. The SMILES string of the molecule is COc1cccc2cc(C(=O)NCCn3ncc4c(N5CCOCC5)nc(SC)nc43)c(=O)oc12. The van der Waals surface area contributed by atoms with Crippen molar-refractivity contribution in [2.45, 2.75) is 11.7 Å². The molecule has 1 saturated heterocycles. The van der Waals surface area contributed by atoms with Crippen LogP contribution in [0.1, 0.15) is 10.4 Å². The first-order chi connectivity index (χ1) is 17.1. The summed E-state index contributed by atoms with van der Waals surface area (Å²) in [5.74, 6) is 0.746. The van der Waals surface area contributed by atoms with E-state index in [9.17, 15) is 9.59 Å². The van der Waals surface area contributed by atoms with Gasteiger partial charge in [-0.25, -0.2) is 19.4 Å². The van der Waals surface area contributed by atoms with Crippen molar-refractivity contribution in [2.24, 2.45) is 0 Å². The van der Waals surface area contributed by atoms with Gasteiger partial charge < -0.3 is 24.1 Å². The van der Waals surface area contributed by atoms with E-state index in [0.29, 0.717) is 47.3 Å². The lowest BCUT2D eigenvalue weighted by molar-refractivity contribution is 0.0948. The molecule has 0 radical (unpaired) electrons. The molecule has 1 aliphatic rings. The maximum atomic E-state index is 12.7. The predicted octanol–water partition coefficient (Wildman–Crippen LogP) is 1.93. The van der Waals surface area contributed by atoms with Crippen molar-refractivity contribution in [2.75, 3.05) is 51.1 Å². The van der Waals surface area contributed by atoms with Crippen molar-refractivity contribution in [3.8, 4) is 5.75 Å². The van der Waals surface area contributed by atoms with Gasteiger partial charge in [0, 0.05) is 25.0 Å². The Morgan fingerprint density at radius 2 is 2.09 bits per heavy atom. The van der Waals surface area contributed by atoms with Crippen LogP contribution in [-0.2, 0) is 11.3 Å². The Bertz CT molecular complexity index is 1450. The molecule has 35 heavy (non-hydrogen) atoms. The van der Waals surface area contributed by atoms with Crippen molar-refractivity contribution < 1.29 is 18.7 Å². The van der Waals surface area contributed by atoms with Gasteiger partial charge in [-0.05, 0) is 18.4 Å². The Morgan fingerprint density at radius 1 is 1.26 bits per heavy atom. The Labute approximate surface area is 204 Å². The highest BCUT2D eigenvalue weighted by atomic mass is 32.2. The number of fused-ring (bicyclic) bond motifs is 2. The molecule has 182 valence electrons. The monoisotopic (exact) mass is 496 g/mol. The zero-order chi connectivity index (χ0) is 24.4. The largest absolute Gasteiger partial charge is 0.493 e. The molecule has 1 fully saturated rings. The maximum Gasteiger partial charge on any atom is 0.349 e. The topological polar surface area (TPSA) is 125 Å². The first-order valence-corrected chi connectivity index (χ1v) is 12.3. The zero-order valence-corrected chi connectivity index (χ0v) is 20.1. The summed E-state index contributed by atoms with van der Waals surface area (Å²) < 4.78 is 17.8. The number of nitrogens with zero attached hydrogens (tertiary/aromatic N) is 5. The fraction of sp³-hybridized carbons (Fsp3) is 0.348. The minimum absolute atomic E-state index is 0.0716. The van der Waals surface area contributed by atoms with Gasteiger partial charge in [-0.1, -0.05) is 23.9 Å². The standard InChI is InChI=1S/C23H24N6O5S/c1-32-17-5-3-4-14-12-15(22(31)34-18(14)17)21(30)24-6-7-29-20-16(13-25-29)19(26-23(27-20)35-2)28-8-10-33-11-9-28/h3-5,12-13H,6-11H2,1-2H3,(H,24,30). The minimum atomic E-state index is -0.725. The highest BCUT2D eigenvalue weighted by Crippen LogP contribution is 2.27. The van der Waals surface area contributed by atoms with Gasteiger partial charge in [0.2, 0.25) is 0 Å². The maximum absolute atomic E-state index is 12.7. The number of aromatic nitrogens is 4. The number of methoxy groups -OCH3 is 1. The number of benzene rings is 1. The van der Waals surface area contributed by atoms with E-state index >= 15 is 0 Å². The third-order valence-corrected chi connectivity index (χ3v) is 6.29. The third kappa shape index (κ3) is 4.54. The van der Waals surface area contributed by atoms with Gasteiger partial charge in [-0.2, -0.15) is 5.10 Å². The van der Waals surface area contributed by atoms with E-state index in [1.165, 1.54) is 24.9 Å². The molecule has 0 saturated carbocycles. The van der Waals surface area contributed by atoms with Crippen LogP contribution in [0.5, 0.6) is 5.75 Å². The summed E-state index contributed by atoms with van der Waals surface area (Å²) in [4.78, 5) is 36.7. The summed E-state index contributed by atoms with van der Waals surface area (Å²) in [5.41, 5.74) is 0.200. The van der Waals surface area contributed by atoms with Crippen LogP contribution < -0.4 is 20.6 Å². The average Bonchev–Trinajstić information content (AvgIpc) is 3.30. The number of morpholine rings is 1. The van der Waals surface area contributed by atoms with Crippen molar-refractivity contribution in [3.05, 3.63) is 46.4 Å². The summed E-state index contributed by atoms with van der Waals surface area (Å²) in [7, 11) is 1.49. The number of hydrogen-bond donors (Lipinski definition) is 1. The molecule has 12 heteroatoms. The molecule has 1 aromatic carbocycles. The highest BCUT2D eigenvalue weighted by Gasteiger charge is 2.20. The molecule has 0 spiro atoms. The molecule has 1 amide bonds. The number of nitrogens with one attached hydrogen (secondary N) is 1. The molecule has 0 aliphatic carbocycles. The molecule has 5 rings (SSSR count). The first-order valence-electron chi connectivity index (χ1n) is 11.1. The summed E-state index contributed by atoms with van der Waals surface area (Å²) in [6, 6.07) is 6.72. The lowest BCUT2D eigenvalue weighted by Crippen LogP contribution is -2.37. The molecule has 4 heterocycles. The summed E-state index contributed by atoms with van der Waals surface area (Å²) in [6.07, 6.45) is 3.67. The number of amides is 1. The summed E-state index contributed by atoms with van der Waals surface area (Å²) >= 11 is 1.46. The number of carbonyl (C=O) groups excluding carboxylic acids is 1. The molecule has 1 aliphatic heterocycles. The molecule has 0 atom stereocenters. The highest BCUT2D eigenvalue weighted by molar-refractivity contribution is 7.98. The van der Waals surface area contributed by atoms with Crippen LogP contribution in [-0.4, -0.2) is 71.9 Å². The fourth-order valence-corrected chi connectivity index (χ4v) is 4.35. The molecule has 11 nitrogen and oxygen atoms in total. The van der Waals surface area contributed by atoms with Gasteiger partial charge >= 0.3 is 5.63 Å². The van der Waals surface area contributed by atoms with Gasteiger partial charge in [-0.3, -0.25) is 4.79 Å². The summed E-state index contributed by atoms with van der Waals surface area (Å²) in [6.45, 7) is 3.42. The number of hydrogen-bond acceptors (Lipinski definition) is 10. The number of rotatable bonds is 7. The van der Waals surface area contributed by atoms with Crippen LogP contribution in [0, 0.1) is 0 Å². The zero-order valence-electron chi connectivity index (χ0n) is 19.3. The Balaban J connectivity index is 1.34. The van der Waals surface area contributed by atoms with Crippen molar-refractivity contribution in [1.82, 2.24) is 25.1 Å². The van der Waals surface area contributed by atoms with E-state index < -0.39 is 11.5 Å². The second-order valence-corrected chi connectivity index (χ2v) is 8.59. The Morgan fingerprint density at radius 3 is 2.86 bits per heavy atom. The number of anilines is 1. The quantitative estimate of drug-likeness (QED) is 0.230. The van der Waals surface area contributed by atoms with E-state index in [1.54, 1.807) is 29.1 Å². The van der Waals surface area contributed by atoms with Crippen molar-refractivity contribution in [1.29, 1.82) is 0 Å². The van der Waals surface area contributed by atoms with E-state index in [2.05, 4.69) is 20.3 Å². The molecule has 3 aromatic heterocycles. The van der Waals surface area contributed by atoms with E-state index in [-0.39, 0.29) is 12.1 Å². The van der Waals surface area contributed by atoms with Crippen LogP contribution >= 0.6 is 11.8 Å². The van der Waals surface area contributed by atoms with Crippen LogP contribution in [0.25, 0.3) is 22.0 Å².